The first-order valence-corrected chi connectivity index (χ1v) is 7.19. The van der Waals surface area contributed by atoms with Crippen LogP contribution >= 0.6 is 0 Å². The molecule has 0 amide bonds. The summed E-state index contributed by atoms with van der Waals surface area (Å²) >= 11 is 0. The third kappa shape index (κ3) is 2.14. The highest BCUT2D eigenvalue weighted by Gasteiger charge is 2.43. The van der Waals surface area contributed by atoms with Gasteiger partial charge >= 0.3 is 0 Å². The molecule has 1 saturated heterocycles. The van der Waals surface area contributed by atoms with E-state index in [1.54, 1.807) is 0 Å². The fourth-order valence-corrected chi connectivity index (χ4v) is 3.80. The van der Waals surface area contributed by atoms with E-state index in [4.69, 9.17) is 10.5 Å². The van der Waals surface area contributed by atoms with E-state index in [0.29, 0.717) is 6.04 Å². The number of ether oxygens (including phenoxy) is 1. The molecule has 2 unspecified atom stereocenters. The SMILES string of the molecule is NC(C1CC1)C1CCOC2(CCCCC2)C1. The van der Waals surface area contributed by atoms with Gasteiger partial charge in [0.05, 0.1) is 5.60 Å². The van der Waals surface area contributed by atoms with Gasteiger partial charge in [-0.2, -0.15) is 0 Å². The van der Waals surface area contributed by atoms with Crippen molar-refractivity contribution in [2.24, 2.45) is 17.6 Å². The van der Waals surface area contributed by atoms with Gasteiger partial charge in [-0.05, 0) is 50.4 Å². The molecule has 3 aliphatic rings. The van der Waals surface area contributed by atoms with Crippen LogP contribution in [0.4, 0.5) is 0 Å². The summed E-state index contributed by atoms with van der Waals surface area (Å²) in [4.78, 5) is 0. The molecule has 0 aromatic rings. The number of hydrogen-bond donors (Lipinski definition) is 1. The monoisotopic (exact) mass is 223 g/mol. The minimum atomic E-state index is 0.244. The highest BCUT2D eigenvalue weighted by atomic mass is 16.5. The van der Waals surface area contributed by atoms with E-state index >= 15 is 0 Å². The third-order valence-corrected chi connectivity index (χ3v) is 5.01. The van der Waals surface area contributed by atoms with Crippen LogP contribution in [0.1, 0.15) is 57.8 Å². The first kappa shape index (κ1) is 11.0. The topological polar surface area (TPSA) is 35.2 Å². The minimum Gasteiger partial charge on any atom is -0.375 e. The van der Waals surface area contributed by atoms with Crippen LogP contribution < -0.4 is 5.73 Å². The zero-order valence-electron chi connectivity index (χ0n) is 10.3. The molecule has 3 fully saturated rings. The van der Waals surface area contributed by atoms with Crippen LogP contribution in [-0.2, 0) is 4.74 Å². The summed E-state index contributed by atoms with van der Waals surface area (Å²) < 4.78 is 6.13. The molecule has 0 aromatic heterocycles. The van der Waals surface area contributed by atoms with Crippen LogP contribution in [0.15, 0.2) is 0 Å². The summed E-state index contributed by atoms with van der Waals surface area (Å²) in [6.07, 6.45) is 11.9. The Morgan fingerprint density at radius 1 is 1.00 bits per heavy atom. The molecule has 2 N–H and O–H groups in total. The van der Waals surface area contributed by atoms with Crippen molar-refractivity contribution in [3.63, 3.8) is 0 Å². The summed E-state index contributed by atoms with van der Waals surface area (Å²) in [6, 6.07) is 0.475. The minimum absolute atomic E-state index is 0.244. The van der Waals surface area contributed by atoms with Crippen LogP contribution in [0.5, 0.6) is 0 Å². The molecule has 2 heteroatoms. The fourth-order valence-electron chi connectivity index (χ4n) is 3.80. The lowest BCUT2D eigenvalue weighted by Crippen LogP contribution is -2.47. The van der Waals surface area contributed by atoms with Crippen molar-refractivity contribution in [2.45, 2.75) is 69.4 Å². The first-order valence-electron chi connectivity index (χ1n) is 7.19. The summed E-state index contributed by atoms with van der Waals surface area (Å²) in [6.45, 7) is 0.963. The second kappa shape index (κ2) is 4.30. The zero-order valence-corrected chi connectivity index (χ0v) is 10.3. The van der Waals surface area contributed by atoms with Gasteiger partial charge in [0.15, 0.2) is 0 Å². The lowest BCUT2D eigenvalue weighted by Gasteiger charge is -2.45. The molecule has 2 aliphatic carbocycles. The number of hydrogen-bond acceptors (Lipinski definition) is 2. The smallest absolute Gasteiger partial charge is 0.0685 e. The van der Waals surface area contributed by atoms with Gasteiger partial charge in [-0.3, -0.25) is 0 Å². The Labute approximate surface area is 98.9 Å². The molecule has 1 heterocycles. The molecular weight excluding hydrogens is 198 g/mol. The Hall–Kier alpha value is -0.0800. The second-order valence-corrected chi connectivity index (χ2v) is 6.26. The van der Waals surface area contributed by atoms with Gasteiger partial charge in [0, 0.05) is 12.6 Å². The van der Waals surface area contributed by atoms with Crippen LogP contribution in [0.3, 0.4) is 0 Å². The molecule has 0 bridgehead atoms. The summed E-state index contributed by atoms with van der Waals surface area (Å²) in [5, 5.41) is 0. The first-order chi connectivity index (χ1) is 7.79. The standard InChI is InChI=1S/C14H25NO/c15-13(11-4-5-11)12-6-9-16-14(10-12)7-2-1-3-8-14/h11-13H,1-10,15H2. The van der Waals surface area contributed by atoms with E-state index in [2.05, 4.69) is 0 Å². The maximum absolute atomic E-state index is 6.39. The largest absolute Gasteiger partial charge is 0.375 e. The highest BCUT2D eigenvalue weighted by Crippen LogP contribution is 2.44. The predicted molar refractivity (Wildman–Crippen MR) is 65.2 cm³/mol. The van der Waals surface area contributed by atoms with Gasteiger partial charge in [-0.1, -0.05) is 19.3 Å². The Morgan fingerprint density at radius 2 is 1.75 bits per heavy atom. The normalized spacial score (nSPS) is 36.2. The van der Waals surface area contributed by atoms with Crippen LogP contribution in [-0.4, -0.2) is 18.2 Å². The molecule has 2 saturated carbocycles. The van der Waals surface area contributed by atoms with Crippen molar-refractivity contribution in [1.29, 1.82) is 0 Å². The lowest BCUT2D eigenvalue weighted by atomic mass is 9.73. The molecule has 92 valence electrons. The van der Waals surface area contributed by atoms with Gasteiger partial charge in [-0.25, -0.2) is 0 Å². The Morgan fingerprint density at radius 3 is 2.44 bits per heavy atom. The molecule has 2 nitrogen and oxygen atoms in total. The molecule has 0 radical (unpaired) electrons. The number of nitrogens with two attached hydrogens (primary N) is 1. The predicted octanol–water partition coefficient (Wildman–Crippen LogP) is 2.85. The average Bonchev–Trinajstić information content (AvgIpc) is 3.13. The number of rotatable bonds is 2. The van der Waals surface area contributed by atoms with E-state index < -0.39 is 0 Å². The van der Waals surface area contributed by atoms with Gasteiger partial charge in [0.2, 0.25) is 0 Å². The Kier molecular flexibility index (Phi) is 2.97. The molecule has 0 aromatic carbocycles. The molecule has 3 rings (SSSR count). The second-order valence-electron chi connectivity index (χ2n) is 6.26. The third-order valence-electron chi connectivity index (χ3n) is 5.01. The summed E-state index contributed by atoms with van der Waals surface area (Å²) in [5.74, 6) is 1.60. The summed E-state index contributed by atoms with van der Waals surface area (Å²) in [7, 11) is 0. The van der Waals surface area contributed by atoms with Crippen LogP contribution in [0, 0.1) is 11.8 Å². The van der Waals surface area contributed by atoms with Crippen molar-refractivity contribution in [2.75, 3.05) is 6.61 Å². The molecule has 1 aliphatic heterocycles. The van der Waals surface area contributed by atoms with Crippen LogP contribution in [0.2, 0.25) is 0 Å². The fraction of sp³-hybridized carbons (Fsp3) is 1.00. The maximum Gasteiger partial charge on any atom is 0.0685 e. The van der Waals surface area contributed by atoms with Gasteiger partial charge in [0.25, 0.3) is 0 Å². The Bertz CT molecular complexity index is 238. The van der Waals surface area contributed by atoms with Crippen molar-refractivity contribution in [3.8, 4) is 0 Å². The molecule has 2 atom stereocenters. The highest BCUT2D eigenvalue weighted by molar-refractivity contribution is 4.96. The van der Waals surface area contributed by atoms with E-state index in [1.807, 2.05) is 0 Å². The molecule has 16 heavy (non-hydrogen) atoms. The van der Waals surface area contributed by atoms with Gasteiger partial charge in [0.1, 0.15) is 0 Å². The van der Waals surface area contributed by atoms with Crippen molar-refractivity contribution in [1.82, 2.24) is 0 Å². The van der Waals surface area contributed by atoms with Gasteiger partial charge < -0.3 is 10.5 Å². The van der Waals surface area contributed by atoms with Crippen molar-refractivity contribution >= 4 is 0 Å². The zero-order chi connectivity index (χ0) is 11.0. The quantitative estimate of drug-likeness (QED) is 0.781. The van der Waals surface area contributed by atoms with Gasteiger partial charge in [-0.15, -0.1) is 0 Å². The van der Waals surface area contributed by atoms with E-state index in [9.17, 15) is 0 Å². The average molecular weight is 223 g/mol. The van der Waals surface area contributed by atoms with E-state index in [0.717, 1.165) is 18.4 Å². The van der Waals surface area contributed by atoms with Crippen molar-refractivity contribution in [3.05, 3.63) is 0 Å². The van der Waals surface area contributed by atoms with E-state index in [1.165, 1.54) is 57.8 Å². The maximum atomic E-state index is 6.39. The summed E-state index contributed by atoms with van der Waals surface area (Å²) in [5.41, 5.74) is 6.63. The Balaban J connectivity index is 1.63. The molecular formula is C14H25NO. The van der Waals surface area contributed by atoms with Crippen LogP contribution in [0.25, 0.3) is 0 Å². The van der Waals surface area contributed by atoms with Crippen molar-refractivity contribution < 1.29 is 4.74 Å². The molecule has 1 spiro atoms. The van der Waals surface area contributed by atoms with E-state index in [-0.39, 0.29) is 5.60 Å². The lowest BCUT2D eigenvalue weighted by molar-refractivity contribution is -0.121.